The standard InChI is InChI=1S/C68H132O17P2/c1-8-10-11-12-13-14-15-16-20-29-37-44-51-67(72)85-64(56-79-66(71)50-43-36-31-24-26-33-40-47-60(5)6)58-83-87(76,77)81-54-62(69)53-80-86(74,75)82-57-63(55-78-65(70)49-42-35-28-23-22-27-34-41-48-61(7)9-2)84-68(73)52-45-38-30-21-18-17-19-25-32-39-46-59(3)4/h59-64,69H,8-58H2,1-7H3,(H,74,75)(H,76,77)/t61?,62-,63-,64-/m1/s1. The van der Waals surface area contributed by atoms with E-state index in [1.54, 1.807) is 0 Å². The molecular weight excluding hydrogens is 1150 g/mol. The van der Waals surface area contributed by atoms with Gasteiger partial charge in [0, 0.05) is 25.7 Å². The number of aliphatic hydroxyl groups is 1. The van der Waals surface area contributed by atoms with Crippen LogP contribution in [0.25, 0.3) is 0 Å². The van der Waals surface area contributed by atoms with Crippen molar-refractivity contribution in [3.8, 4) is 0 Å². The number of hydrogen-bond acceptors (Lipinski definition) is 15. The summed E-state index contributed by atoms with van der Waals surface area (Å²) < 4.78 is 68.2. The van der Waals surface area contributed by atoms with E-state index in [4.69, 9.17) is 37.0 Å². The number of aliphatic hydroxyl groups excluding tert-OH is 1. The van der Waals surface area contributed by atoms with Crippen LogP contribution in [0.4, 0.5) is 0 Å². The van der Waals surface area contributed by atoms with E-state index in [1.165, 1.54) is 141 Å². The Kier molecular flexibility index (Phi) is 57.8. The molecule has 0 aliphatic heterocycles. The fraction of sp³-hybridized carbons (Fsp3) is 0.941. The van der Waals surface area contributed by atoms with E-state index in [0.717, 1.165) is 108 Å². The molecule has 0 aromatic rings. The first kappa shape index (κ1) is 85.1. The molecular formula is C68H132O17P2. The van der Waals surface area contributed by atoms with Gasteiger partial charge >= 0.3 is 39.5 Å². The van der Waals surface area contributed by atoms with Crippen LogP contribution >= 0.6 is 15.6 Å². The first-order valence-corrected chi connectivity index (χ1v) is 38.4. The van der Waals surface area contributed by atoms with Gasteiger partial charge in [-0.15, -0.1) is 0 Å². The van der Waals surface area contributed by atoms with E-state index in [1.807, 2.05) is 0 Å². The minimum Gasteiger partial charge on any atom is -0.462 e. The zero-order valence-electron chi connectivity index (χ0n) is 56.5. The van der Waals surface area contributed by atoms with Gasteiger partial charge in [-0.3, -0.25) is 37.3 Å². The number of phosphoric acid groups is 2. The molecule has 0 aromatic carbocycles. The average molecular weight is 1280 g/mol. The lowest BCUT2D eigenvalue weighted by Gasteiger charge is -2.21. The van der Waals surface area contributed by atoms with E-state index in [9.17, 15) is 43.2 Å². The SMILES string of the molecule is CCCCCCCCCCCCCCC(=O)O[C@H](COC(=O)CCCCCCCCCC(C)C)COP(=O)(O)OC[C@H](O)COP(=O)(O)OC[C@@H](COC(=O)CCCCCCCCCCC(C)CC)OC(=O)CCCCCCCCCCCCC(C)C. The highest BCUT2D eigenvalue weighted by Crippen LogP contribution is 2.45. The fourth-order valence-corrected chi connectivity index (χ4v) is 11.7. The first-order valence-electron chi connectivity index (χ1n) is 35.4. The smallest absolute Gasteiger partial charge is 0.462 e. The van der Waals surface area contributed by atoms with Gasteiger partial charge in [0.1, 0.15) is 19.3 Å². The van der Waals surface area contributed by atoms with Crippen LogP contribution in [0.5, 0.6) is 0 Å². The lowest BCUT2D eigenvalue weighted by Crippen LogP contribution is -2.30. The number of hydrogen-bond donors (Lipinski definition) is 3. The Morgan fingerprint density at radius 3 is 0.874 bits per heavy atom. The molecule has 0 radical (unpaired) electrons. The molecule has 3 N–H and O–H groups in total. The topological polar surface area (TPSA) is 237 Å². The van der Waals surface area contributed by atoms with Gasteiger partial charge in [0.05, 0.1) is 26.4 Å². The fourth-order valence-electron chi connectivity index (χ4n) is 10.2. The Hall–Kier alpha value is -1.94. The third kappa shape index (κ3) is 61.3. The van der Waals surface area contributed by atoms with Crippen molar-refractivity contribution in [1.82, 2.24) is 0 Å². The van der Waals surface area contributed by atoms with Crippen molar-refractivity contribution in [2.45, 2.75) is 356 Å². The Morgan fingerprint density at radius 1 is 0.333 bits per heavy atom. The van der Waals surface area contributed by atoms with Gasteiger partial charge in [-0.25, -0.2) is 9.13 Å². The molecule has 0 heterocycles. The van der Waals surface area contributed by atoms with Crippen LogP contribution in [0, 0.1) is 17.8 Å². The van der Waals surface area contributed by atoms with E-state index in [2.05, 4.69) is 48.5 Å². The number of esters is 4. The van der Waals surface area contributed by atoms with E-state index < -0.39 is 97.5 Å². The zero-order chi connectivity index (χ0) is 64.5. The second kappa shape index (κ2) is 59.1. The van der Waals surface area contributed by atoms with Crippen molar-refractivity contribution in [2.24, 2.45) is 17.8 Å². The lowest BCUT2D eigenvalue weighted by molar-refractivity contribution is -0.161. The molecule has 0 spiro atoms. The average Bonchev–Trinajstić information content (AvgIpc) is 3.51. The Balaban J connectivity index is 5.26. The molecule has 6 atom stereocenters. The first-order chi connectivity index (χ1) is 41.8. The number of carbonyl (C=O) groups excluding carboxylic acids is 4. The van der Waals surface area contributed by atoms with Crippen LogP contribution in [0.3, 0.4) is 0 Å². The summed E-state index contributed by atoms with van der Waals surface area (Å²) in [4.78, 5) is 72.4. The predicted octanol–water partition coefficient (Wildman–Crippen LogP) is 19.1. The lowest BCUT2D eigenvalue weighted by atomic mass is 9.99. The molecule has 0 aliphatic rings. The number of carbonyl (C=O) groups is 4. The van der Waals surface area contributed by atoms with Gasteiger partial charge < -0.3 is 33.8 Å². The van der Waals surface area contributed by atoms with Gasteiger partial charge in [-0.2, -0.15) is 0 Å². The summed E-state index contributed by atoms with van der Waals surface area (Å²) in [6.07, 6.45) is 41.6. The highest BCUT2D eigenvalue weighted by atomic mass is 31.2. The molecule has 0 rings (SSSR count). The third-order valence-electron chi connectivity index (χ3n) is 16.0. The van der Waals surface area contributed by atoms with E-state index in [0.29, 0.717) is 31.6 Å². The van der Waals surface area contributed by atoms with Crippen LogP contribution in [-0.4, -0.2) is 96.7 Å². The molecule has 0 aromatic heterocycles. The maximum absolute atomic E-state index is 13.0. The molecule has 0 saturated heterocycles. The van der Waals surface area contributed by atoms with Crippen molar-refractivity contribution in [3.05, 3.63) is 0 Å². The Morgan fingerprint density at radius 2 is 0.586 bits per heavy atom. The van der Waals surface area contributed by atoms with Gasteiger partial charge in [-0.1, -0.05) is 286 Å². The van der Waals surface area contributed by atoms with Gasteiger partial charge in [0.2, 0.25) is 0 Å². The monoisotopic (exact) mass is 1280 g/mol. The number of ether oxygens (including phenoxy) is 4. The van der Waals surface area contributed by atoms with Gasteiger partial charge in [-0.05, 0) is 43.4 Å². The zero-order valence-corrected chi connectivity index (χ0v) is 58.3. The van der Waals surface area contributed by atoms with Crippen LogP contribution in [-0.2, 0) is 65.4 Å². The van der Waals surface area contributed by atoms with E-state index in [-0.39, 0.29) is 25.7 Å². The second-order valence-electron chi connectivity index (χ2n) is 25.8. The number of rotatable bonds is 66. The highest BCUT2D eigenvalue weighted by Gasteiger charge is 2.30. The molecule has 19 heteroatoms. The second-order valence-corrected chi connectivity index (χ2v) is 28.7. The summed E-state index contributed by atoms with van der Waals surface area (Å²) in [5, 5.41) is 10.6. The van der Waals surface area contributed by atoms with E-state index >= 15 is 0 Å². The molecule has 0 amide bonds. The number of phosphoric ester groups is 2. The van der Waals surface area contributed by atoms with Crippen molar-refractivity contribution in [2.75, 3.05) is 39.6 Å². The molecule has 87 heavy (non-hydrogen) atoms. The summed E-state index contributed by atoms with van der Waals surface area (Å²) in [6.45, 7) is 11.8. The Labute approximate surface area is 530 Å². The van der Waals surface area contributed by atoms with Crippen LogP contribution in [0.15, 0.2) is 0 Å². The quantitative estimate of drug-likeness (QED) is 0.0222. The van der Waals surface area contributed by atoms with Gasteiger partial charge in [0.15, 0.2) is 12.2 Å². The van der Waals surface area contributed by atoms with Crippen molar-refractivity contribution in [1.29, 1.82) is 0 Å². The summed E-state index contributed by atoms with van der Waals surface area (Å²) in [6, 6.07) is 0. The third-order valence-corrected chi connectivity index (χ3v) is 17.9. The molecule has 0 aliphatic carbocycles. The maximum atomic E-state index is 13.0. The predicted molar refractivity (Wildman–Crippen MR) is 349 cm³/mol. The van der Waals surface area contributed by atoms with Crippen molar-refractivity contribution in [3.63, 3.8) is 0 Å². The Bertz CT molecular complexity index is 1720. The molecule has 0 fully saturated rings. The summed E-state index contributed by atoms with van der Waals surface area (Å²) >= 11 is 0. The van der Waals surface area contributed by atoms with Gasteiger partial charge in [0.25, 0.3) is 0 Å². The summed E-state index contributed by atoms with van der Waals surface area (Å²) in [5.41, 5.74) is 0. The number of unbranched alkanes of at least 4 members (excludes halogenated alkanes) is 33. The van der Waals surface area contributed by atoms with Crippen molar-refractivity contribution >= 4 is 39.5 Å². The van der Waals surface area contributed by atoms with Crippen LogP contribution in [0.2, 0.25) is 0 Å². The molecule has 0 bridgehead atoms. The summed E-state index contributed by atoms with van der Waals surface area (Å²) in [7, 11) is -9.90. The minimum absolute atomic E-state index is 0.105. The van der Waals surface area contributed by atoms with Crippen LogP contribution < -0.4 is 0 Å². The molecule has 516 valence electrons. The molecule has 17 nitrogen and oxygen atoms in total. The largest absolute Gasteiger partial charge is 0.472 e. The normalized spacial score (nSPS) is 14.6. The van der Waals surface area contributed by atoms with Crippen LogP contribution in [0.1, 0.15) is 337 Å². The molecule has 3 unspecified atom stereocenters. The highest BCUT2D eigenvalue weighted by molar-refractivity contribution is 7.47. The van der Waals surface area contributed by atoms with Crippen molar-refractivity contribution < 1.29 is 80.2 Å². The minimum atomic E-state index is -4.95. The maximum Gasteiger partial charge on any atom is 0.472 e. The summed E-state index contributed by atoms with van der Waals surface area (Å²) in [5.74, 6) is 0.105. The molecule has 0 saturated carbocycles.